The van der Waals surface area contributed by atoms with Crippen LogP contribution >= 0.6 is 0 Å². The van der Waals surface area contributed by atoms with Crippen molar-refractivity contribution in [1.82, 2.24) is 0 Å². The van der Waals surface area contributed by atoms with Crippen molar-refractivity contribution in [2.45, 2.75) is 19.8 Å². The van der Waals surface area contributed by atoms with Gasteiger partial charge in [-0.25, -0.2) is 0 Å². The Morgan fingerprint density at radius 2 is 2.29 bits per heavy atom. The van der Waals surface area contributed by atoms with E-state index >= 15 is 0 Å². The van der Waals surface area contributed by atoms with Crippen LogP contribution in [0.2, 0.25) is 0 Å². The topological polar surface area (TPSA) is 73.1 Å². The summed E-state index contributed by atoms with van der Waals surface area (Å²) in [6.07, 6.45) is 1.48. The highest BCUT2D eigenvalue weighted by molar-refractivity contribution is 5.78. The van der Waals surface area contributed by atoms with E-state index in [2.05, 4.69) is 11.4 Å². The largest absolute Gasteiger partial charge is 0.481 e. The van der Waals surface area contributed by atoms with E-state index in [9.17, 15) is 4.79 Å². The Kier molecular flexibility index (Phi) is 2.76. The molecule has 0 aromatic heterocycles. The monoisotopic (exact) mass is 230 g/mol. The lowest BCUT2D eigenvalue weighted by Gasteiger charge is -2.12. The number of nitrogens with zero attached hydrogens (tertiary/aromatic N) is 1. The summed E-state index contributed by atoms with van der Waals surface area (Å²) in [4.78, 5) is 11.0. The molecule has 4 nitrogen and oxygen atoms in total. The van der Waals surface area contributed by atoms with Gasteiger partial charge in [0.15, 0.2) is 0 Å². The highest BCUT2D eigenvalue weighted by Gasteiger charge is 2.49. The SMILES string of the molecule is Cc1cc(NCC2(C(=O)O)CC2)ccc1C#N. The van der Waals surface area contributed by atoms with Crippen molar-refractivity contribution in [1.29, 1.82) is 5.26 Å². The molecule has 0 unspecified atom stereocenters. The maximum atomic E-state index is 11.0. The maximum absolute atomic E-state index is 11.0. The molecule has 2 N–H and O–H groups in total. The minimum Gasteiger partial charge on any atom is -0.481 e. The van der Waals surface area contributed by atoms with E-state index in [1.807, 2.05) is 19.1 Å². The van der Waals surface area contributed by atoms with E-state index in [1.165, 1.54) is 0 Å². The van der Waals surface area contributed by atoms with Gasteiger partial charge in [-0.2, -0.15) is 5.26 Å². The zero-order valence-electron chi connectivity index (χ0n) is 9.66. The summed E-state index contributed by atoms with van der Waals surface area (Å²) in [7, 11) is 0. The minimum atomic E-state index is -0.727. The van der Waals surface area contributed by atoms with E-state index < -0.39 is 11.4 Å². The molecule has 0 saturated heterocycles. The van der Waals surface area contributed by atoms with Gasteiger partial charge in [-0.15, -0.1) is 0 Å². The molecule has 1 aromatic rings. The van der Waals surface area contributed by atoms with Gasteiger partial charge in [-0.1, -0.05) is 0 Å². The van der Waals surface area contributed by atoms with Gasteiger partial charge < -0.3 is 10.4 Å². The van der Waals surface area contributed by atoms with Crippen molar-refractivity contribution in [3.8, 4) is 6.07 Å². The van der Waals surface area contributed by atoms with Crippen molar-refractivity contribution < 1.29 is 9.90 Å². The molecule has 2 rings (SSSR count). The molecule has 1 saturated carbocycles. The molecule has 1 fully saturated rings. The first-order chi connectivity index (χ1) is 8.07. The van der Waals surface area contributed by atoms with Crippen molar-refractivity contribution >= 4 is 11.7 Å². The lowest BCUT2D eigenvalue weighted by atomic mass is 10.1. The Bertz CT molecular complexity index is 499. The first-order valence-electron chi connectivity index (χ1n) is 5.55. The summed E-state index contributed by atoms with van der Waals surface area (Å²) in [6, 6.07) is 7.53. The van der Waals surface area contributed by atoms with Crippen LogP contribution in [0.3, 0.4) is 0 Å². The van der Waals surface area contributed by atoms with Crippen LogP contribution in [0.15, 0.2) is 18.2 Å². The average molecular weight is 230 g/mol. The van der Waals surface area contributed by atoms with Gasteiger partial charge in [-0.3, -0.25) is 4.79 Å². The lowest BCUT2D eigenvalue weighted by molar-refractivity contribution is -0.142. The van der Waals surface area contributed by atoms with Gasteiger partial charge >= 0.3 is 5.97 Å². The van der Waals surface area contributed by atoms with Crippen molar-refractivity contribution in [3.05, 3.63) is 29.3 Å². The van der Waals surface area contributed by atoms with Gasteiger partial charge in [0, 0.05) is 12.2 Å². The molecule has 0 heterocycles. The third-order valence-electron chi connectivity index (χ3n) is 3.28. The summed E-state index contributed by atoms with van der Waals surface area (Å²) in [6.45, 7) is 2.32. The summed E-state index contributed by atoms with van der Waals surface area (Å²) < 4.78 is 0. The number of hydrogen-bond acceptors (Lipinski definition) is 3. The first-order valence-corrected chi connectivity index (χ1v) is 5.55. The number of carboxylic acid groups (broad SMARTS) is 1. The number of aliphatic carboxylic acids is 1. The van der Waals surface area contributed by atoms with Crippen LogP contribution in [-0.2, 0) is 4.79 Å². The summed E-state index contributed by atoms with van der Waals surface area (Å²) >= 11 is 0. The Labute approximate surface area is 99.9 Å². The number of rotatable bonds is 4. The number of carboxylic acids is 1. The van der Waals surface area contributed by atoms with Crippen LogP contribution in [0.4, 0.5) is 5.69 Å². The number of aryl methyl sites for hydroxylation is 1. The molecule has 1 aromatic carbocycles. The fourth-order valence-corrected chi connectivity index (χ4v) is 1.79. The summed E-state index contributed by atoms with van der Waals surface area (Å²) in [5, 5.41) is 21.0. The zero-order chi connectivity index (χ0) is 12.5. The normalized spacial score (nSPS) is 16.0. The second kappa shape index (κ2) is 4.10. The Hall–Kier alpha value is -2.02. The second-order valence-corrected chi connectivity index (χ2v) is 4.58. The molecule has 1 aliphatic carbocycles. The second-order valence-electron chi connectivity index (χ2n) is 4.58. The van der Waals surface area contributed by atoms with Crippen LogP contribution in [0.1, 0.15) is 24.0 Å². The van der Waals surface area contributed by atoms with E-state index in [0.29, 0.717) is 12.1 Å². The molecule has 1 aliphatic rings. The number of anilines is 1. The standard InChI is InChI=1S/C13H14N2O2/c1-9-6-11(3-2-10(9)7-14)15-8-13(4-5-13)12(16)17/h2-3,6,15H,4-5,8H2,1H3,(H,16,17). The fourth-order valence-electron chi connectivity index (χ4n) is 1.79. The molecule has 88 valence electrons. The van der Waals surface area contributed by atoms with E-state index in [4.69, 9.17) is 10.4 Å². The Morgan fingerprint density at radius 3 is 2.76 bits per heavy atom. The highest BCUT2D eigenvalue weighted by atomic mass is 16.4. The minimum absolute atomic E-state index is 0.452. The number of nitrogens with one attached hydrogen (secondary N) is 1. The zero-order valence-corrected chi connectivity index (χ0v) is 9.66. The van der Waals surface area contributed by atoms with Gasteiger partial charge in [-0.05, 0) is 43.5 Å². The third-order valence-corrected chi connectivity index (χ3v) is 3.28. The van der Waals surface area contributed by atoms with Gasteiger partial charge in [0.25, 0.3) is 0 Å². The van der Waals surface area contributed by atoms with Crippen molar-refractivity contribution in [3.63, 3.8) is 0 Å². The van der Waals surface area contributed by atoms with Gasteiger partial charge in [0.1, 0.15) is 0 Å². The van der Waals surface area contributed by atoms with Crippen molar-refractivity contribution in [2.24, 2.45) is 5.41 Å². The molecule has 0 aliphatic heterocycles. The van der Waals surface area contributed by atoms with E-state index in [1.54, 1.807) is 6.07 Å². The number of hydrogen-bond donors (Lipinski definition) is 2. The average Bonchev–Trinajstić information content (AvgIpc) is 3.07. The molecular formula is C13H14N2O2. The van der Waals surface area contributed by atoms with Crippen LogP contribution in [0.5, 0.6) is 0 Å². The summed E-state index contributed by atoms with van der Waals surface area (Å²) in [5.41, 5.74) is 1.85. The molecular weight excluding hydrogens is 216 g/mol. The first kappa shape index (κ1) is 11.5. The molecule has 17 heavy (non-hydrogen) atoms. The summed E-state index contributed by atoms with van der Waals surface area (Å²) in [5.74, 6) is -0.727. The van der Waals surface area contributed by atoms with Crippen LogP contribution < -0.4 is 5.32 Å². The quantitative estimate of drug-likeness (QED) is 0.831. The highest BCUT2D eigenvalue weighted by Crippen LogP contribution is 2.45. The van der Waals surface area contributed by atoms with Gasteiger partial charge in [0.2, 0.25) is 0 Å². The van der Waals surface area contributed by atoms with Crippen LogP contribution in [0, 0.1) is 23.7 Å². The third kappa shape index (κ3) is 2.23. The molecule has 0 spiro atoms. The smallest absolute Gasteiger partial charge is 0.311 e. The Morgan fingerprint density at radius 1 is 1.59 bits per heavy atom. The molecule has 0 amide bonds. The van der Waals surface area contributed by atoms with E-state index in [-0.39, 0.29) is 0 Å². The Balaban J connectivity index is 2.03. The predicted octanol–water partition coefficient (Wildman–Crippen LogP) is 2.14. The molecule has 4 heteroatoms. The number of nitriles is 1. The number of carbonyl (C=O) groups is 1. The lowest BCUT2D eigenvalue weighted by Crippen LogP contribution is -2.24. The van der Waals surface area contributed by atoms with Crippen LogP contribution in [0.25, 0.3) is 0 Å². The predicted molar refractivity (Wildman–Crippen MR) is 63.7 cm³/mol. The van der Waals surface area contributed by atoms with Crippen molar-refractivity contribution in [2.75, 3.05) is 11.9 Å². The molecule has 0 bridgehead atoms. The molecule has 0 atom stereocenters. The molecule has 0 radical (unpaired) electrons. The van der Waals surface area contributed by atoms with Crippen LogP contribution in [-0.4, -0.2) is 17.6 Å². The fraction of sp³-hybridized carbons (Fsp3) is 0.385. The van der Waals surface area contributed by atoms with Gasteiger partial charge in [0.05, 0.1) is 17.0 Å². The van der Waals surface area contributed by atoms with E-state index in [0.717, 1.165) is 24.1 Å². The maximum Gasteiger partial charge on any atom is 0.311 e. The number of benzene rings is 1.